The van der Waals surface area contributed by atoms with Crippen molar-refractivity contribution in [1.29, 1.82) is 0 Å². The Kier molecular flexibility index (Phi) is 5.78. The Labute approximate surface area is 180 Å². The van der Waals surface area contributed by atoms with Gasteiger partial charge >= 0.3 is 0 Å². The number of carbonyl (C=O) groups excluding carboxylic acids is 1. The Morgan fingerprint density at radius 2 is 2.00 bits per heavy atom. The number of hydrogen-bond donors (Lipinski definition) is 2. The van der Waals surface area contributed by atoms with Gasteiger partial charge in [-0.25, -0.2) is 18.1 Å². The second kappa shape index (κ2) is 8.37. The molecular weight excluding hydrogens is 420 g/mol. The molecule has 164 valence electrons. The molecule has 1 saturated carbocycles. The molecule has 1 aromatic carbocycles. The number of anilines is 1. The predicted octanol–water partition coefficient (Wildman–Crippen LogP) is 2.97. The van der Waals surface area contributed by atoms with Crippen molar-refractivity contribution in [3.05, 3.63) is 47.3 Å². The van der Waals surface area contributed by atoms with Crippen molar-refractivity contribution >= 4 is 32.7 Å². The molecule has 1 fully saturated rings. The molecule has 10 heteroatoms. The first-order chi connectivity index (χ1) is 14.8. The maximum Gasteiger partial charge on any atom is 0.259 e. The van der Waals surface area contributed by atoms with E-state index in [2.05, 4.69) is 20.2 Å². The van der Waals surface area contributed by atoms with Crippen molar-refractivity contribution < 1.29 is 22.5 Å². The van der Waals surface area contributed by atoms with E-state index in [1.165, 1.54) is 19.2 Å². The van der Waals surface area contributed by atoms with Crippen LogP contribution in [-0.2, 0) is 14.8 Å². The molecule has 31 heavy (non-hydrogen) atoms. The van der Waals surface area contributed by atoms with E-state index >= 15 is 0 Å². The van der Waals surface area contributed by atoms with Gasteiger partial charge in [-0.1, -0.05) is 5.16 Å². The fourth-order valence-corrected chi connectivity index (χ4v) is 4.64. The second-order valence-corrected chi connectivity index (χ2v) is 9.49. The van der Waals surface area contributed by atoms with Crippen molar-refractivity contribution in [2.24, 2.45) is 0 Å². The average molecular weight is 445 g/mol. The van der Waals surface area contributed by atoms with E-state index in [9.17, 15) is 13.2 Å². The maximum absolute atomic E-state index is 13.0. The molecule has 1 aliphatic rings. The highest BCUT2D eigenvalue weighted by Crippen LogP contribution is 2.40. The molecular formula is C21H24N4O5S. The van der Waals surface area contributed by atoms with E-state index in [0.717, 1.165) is 18.5 Å². The first-order valence-corrected chi connectivity index (χ1v) is 11.5. The van der Waals surface area contributed by atoms with Gasteiger partial charge in [0.2, 0.25) is 10.0 Å². The molecule has 1 atom stereocenters. The first-order valence-electron chi connectivity index (χ1n) is 9.98. The summed E-state index contributed by atoms with van der Waals surface area (Å²) in [5.74, 6) is 0.0156. The zero-order valence-electron chi connectivity index (χ0n) is 17.5. The van der Waals surface area contributed by atoms with Gasteiger partial charge in [-0.05, 0) is 57.0 Å². The molecule has 2 heterocycles. The predicted molar refractivity (Wildman–Crippen MR) is 115 cm³/mol. The lowest BCUT2D eigenvalue weighted by Crippen LogP contribution is -2.35. The van der Waals surface area contributed by atoms with Gasteiger partial charge in [0.25, 0.3) is 11.6 Å². The SMILES string of the molecule is COC[C@H](C)NS(=O)(=O)c1ccc(NC(=O)c2cc(C3CC3)nc3onc(C)c23)cc1. The topological polar surface area (TPSA) is 123 Å². The molecule has 2 aromatic heterocycles. The smallest absolute Gasteiger partial charge is 0.259 e. The summed E-state index contributed by atoms with van der Waals surface area (Å²) in [6, 6.07) is 7.41. The lowest BCUT2D eigenvalue weighted by Gasteiger charge is -2.13. The van der Waals surface area contributed by atoms with Crippen molar-refractivity contribution in [3.63, 3.8) is 0 Å². The van der Waals surface area contributed by atoms with Gasteiger partial charge in [0.15, 0.2) is 0 Å². The van der Waals surface area contributed by atoms with Crippen LogP contribution in [0.15, 0.2) is 39.8 Å². The number of carbonyl (C=O) groups is 1. The molecule has 3 aromatic rings. The van der Waals surface area contributed by atoms with Gasteiger partial charge in [0, 0.05) is 30.5 Å². The third kappa shape index (κ3) is 4.60. The van der Waals surface area contributed by atoms with Crippen molar-refractivity contribution in [2.45, 2.75) is 43.5 Å². The number of methoxy groups -OCH3 is 1. The van der Waals surface area contributed by atoms with Crippen LogP contribution in [0.3, 0.4) is 0 Å². The fourth-order valence-electron chi connectivity index (χ4n) is 3.41. The third-order valence-corrected chi connectivity index (χ3v) is 6.68. The number of amides is 1. The minimum absolute atomic E-state index is 0.102. The molecule has 4 rings (SSSR count). The van der Waals surface area contributed by atoms with Crippen molar-refractivity contribution in [3.8, 4) is 0 Å². The van der Waals surface area contributed by atoms with Crippen LogP contribution >= 0.6 is 0 Å². The van der Waals surface area contributed by atoms with Gasteiger partial charge < -0.3 is 14.6 Å². The Balaban J connectivity index is 1.55. The molecule has 0 saturated heterocycles. The number of fused-ring (bicyclic) bond motifs is 1. The highest BCUT2D eigenvalue weighted by molar-refractivity contribution is 7.89. The Bertz CT molecular complexity index is 1220. The molecule has 0 unspecified atom stereocenters. The number of hydrogen-bond acceptors (Lipinski definition) is 7. The molecule has 0 bridgehead atoms. The van der Waals surface area contributed by atoms with E-state index in [1.807, 2.05) is 0 Å². The van der Waals surface area contributed by atoms with Crippen LogP contribution in [0.1, 0.15) is 47.4 Å². The number of benzene rings is 1. The summed E-state index contributed by atoms with van der Waals surface area (Å²) in [5, 5.41) is 7.35. The van der Waals surface area contributed by atoms with Gasteiger partial charge in [0.05, 0.1) is 28.1 Å². The van der Waals surface area contributed by atoms with Crippen LogP contribution in [0.25, 0.3) is 11.1 Å². The van der Waals surface area contributed by atoms with Crippen molar-refractivity contribution in [1.82, 2.24) is 14.9 Å². The fraction of sp³-hybridized carbons (Fsp3) is 0.381. The van der Waals surface area contributed by atoms with E-state index in [4.69, 9.17) is 9.26 Å². The van der Waals surface area contributed by atoms with Crippen LogP contribution in [0.4, 0.5) is 5.69 Å². The van der Waals surface area contributed by atoms with Crippen LogP contribution < -0.4 is 10.0 Å². The minimum Gasteiger partial charge on any atom is -0.383 e. The molecule has 9 nitrogen and oxygen atoms in total. The number of pyridine rings is 1. The lowest BCUT2D eigenvalue weighted by molar-refractivity contribution is 0.102. The van der Waals surface area contributed by atoms with Gasteiger partial charge in [-0.2, -0.15) is 0 Å². The van der Waals surface area contributed by atoms with Gasteiger partial charge in [0.1, 0.15) is 0 Å². The zero-order valence-corrected chi connectivity index (χ0v) is 18.3. The largest absolute Gasteiger partial charge is 0.383 e. The molecule has 1 amide bonds. The van der Waals surface area contributed by atoms with Crippen LogP contribution in [0.5, 0.6) is 0 Å². The molecule has 0 radical (unpaired) electrons. The zero-order chi connectivity index (χ0) is 22.2. The number of nitrogens with zero attached hydrogens (tertiary/aromatic N) is 2. The van der Waals surface area contributed by atoms with Crippen LogP contribution in [0.2, 0.25) is 0 Å². The molecule has 0 spiro atoms. The maximum atomic E-state index is 13.0. The highest BCUT2D eigenvalue weighted by atomic mass is 32.2. The average Bonchev–Trinajstić information content (AvgIpc) is 3.51. The normalized spacial score (nSPS) is 15.2. The lowest BCUT2D eigenvalue weighted by atomic mass is 10.1. The number of rotatable bonds is 8. The van der Waals surface area contributed by atoms with E-state index in [1.54, 1.807) is 32.0 Å². The molecule has 2 N–H and O–H groups in total. The Morgan fingerprint density at radius 1 is 1.29 bits per heavy atom. The monoisotopic (exact) mass is 444 g/mol. The third-order valence-electron chi connectivity index (χ3n) is 5.07. The van der Waals surface area contributed by atoms with Crippen LogP contribution in [0, 0.1) is 6.92 Å². The van der Waals surface area contributed by atoms with Gasteiger partial charge in [-0.15, -0.1) is 0 Å². The number of sulfonamides is 1. The summed E-state index contributed by atoms with van der Waals surface area (Å²) in [4.78, 5) is 17.6. The Hall–Kier alpha value is -2.82. The highest BCUT2D eigenvalue weighted by Gasteiger charge is 2.28. The second-order valence-electron chi connectivity index (χ2n) is 7.77. The summed E-state index contributed by atoms with van der Waals surface area (Å²) in [5.41, 5.74) is 2.68. The number of nitrogens with one attached hydrogen (secondary N) is 2. The summed E-state index contributed by atoms with van der Waals surface area (Å²) < 4.78 is 37.7. The van der Waals surface area contributed by atoms with E-state index < -0.39 is 10.0 Å². The van der Waals surface area contributed by atoms with Crippen LogP contribution in [-0.4, -0.2) is 44.2 Å². The Morgan fingerprint density at radius 3 is 2.65 bits per heavy atom. The van der Waals surface area contributed by atoms with E-state index in [-0.39, 0.29) is 23.5 Å². The molecule has 0 aliphatic heterocycles. The quantitative estimate of drug-likeness (QED) is 0.547. The summed E-state index contributed by atoms with van der Waals surface area (Å²) >= 11 is 0. The van der Waals surface area contributed by atoms with Gasteiger partial charge in [-0.3, -0.25) is 4.79 Å². The summed E-state index contributed by atoms with van der Waals surface area (Å²) in [6.45, 7) is 3.74. The number of ether oxygens (including phenoxy) is 1. The first kappa shape index (κ1) is 21.4. The van der Waals surface area contributed by atoms with Crippen molar-refractivity contribution in [2.75, 3.05) is 19.0 Å². The van der Waals surface area contributed by atoms with E-state index in [0.29, 0.717) is 34.0 Å². The number of aryl methyl sites for hydroxylation is 1. The summed E-state index contributed by atoms with van der Waals surface area (Å²) in [6.07, 6.45) is 2.08. The number of aromatic nitrogens is 2. The minimum atomic E-state index is -3.69. The standard InChI is InChI=1S/C21H24N4O5S/c1-12(11-29-3)25-31(27,28)16-8-6-15(7-9-16)22-20(26)17-10-18(14-4-5-14)23-21-19(17)13(2)24-30-21/h6-10,12,14,25H,4-5,11H2,1-3H3,(H,22,26)/t12-/m0/s1. The summed E-state index contributed by atoms with van der Waals surface area (Å²) in [7, 11) is -2.18. The molecule has 1 aliphatic carbocycles.